The summed E-state index contributed by atoms with van der Waals surface area (Å²) < 4.78 is 22.3. The molecule has 4 heteroatoms. The quantitative estimate of drug-likeness (QED) is 0.495. The molecule has 0 bridgehead atoms. The maximum Gasteiger partial charge on any atom is 0.147 e. The van der Waals surface area contributed by atoms with Gasteiger partial charge in [-0.2, -0.15) is 0 Å². The summed E-state index contributed by atoms with van der Waals surface area (Å²) in [6.07, 6.45) is 13.6. The van der Waals surface area contributed by atoms with Crippen LogP contribution >= 0.6 is 0 Å². The van der Waals surface area contributed by atoms with Gasteiger partial charge in [-0.05, 0) is 25.8 Å². The van der Waals surface area contributed by atoms with Gasteiger partial charge in [-0.1, -0.05) is 58.8 Å². The van der Waals surface area contributed by atoms with Gasteiger partial charge in [-0.25, -0.2) is 8.42 Å². The fourth-order valence-electron chi connectivity index (χ4n) is 2.58. The van der Waals surface area contributed by atoms with Gasteiger partial charge in [0.2, 0.25) is 0 Å². The van der Waals surface area contributed by atoms with Crippen LogP contribution in [0.1, 0.15) is 78.1 Å². The largest absolute Gasteiger partial charge is 0.314 e. The molecule has 0 aromatic carbocycles. The zero-order valence-electron chi connectivity index (χ0n) is 13.8. The summed E-state index contributed by atoms with van der Waals surface area (Å²) in [6.45, 7) is 5.34. The van der Waals surface area contributed by atoms with Crippen LogP contribution in [0.3, 0.4) is 0 Å². The highest BCUT2D eigenvalue weighted by molar-refractivity contribution is 7.90. The van der Waals surface area contributed by atoms with E-state index in [-0.39, 0.29) is 0 Å². The molecule has 0 aliphatic rings. The van der Waals surface area contributed by atoms with Gasteiger partial charge in [0, 0.05) is 18.1 Å². The van der Waals surface area contributed by atoms with Gasteiger partial charge in [0.15, 0.2) is 0 Å². The molecule has 0 aliphatic heterocycles. The molecule has 20 heavy (non-hydrogen) atoms. The lowest BCUT2D eigenvalue weighted by molar-refractivity contribution is 0.434. The maximum absolute atomic E-state index is 11.1. The third-order valence-electron chi connectivity index (χ3n) is 3.72. The Balaban J connectivity index is 3.64. The first-order valence-electron chi connectivity index (χ1n) is 8.40. The van der Waals surface area contributed by atoms with Crippen molar-refractivity contribution >= 4 is 9.84 Å². The number of hydrogen-bond donors (Lipinski definition) is 1. The second kappa shape index (κ2) is 12.6. The standard InChI is InChI=1S/C16H35NO2S/c1-4-6-7-8-9-10-11-13-16(17-5-2)14-12-15-20(3,18)19/h16-17H,4-15H2,1-3H3. The third-order valence-corrected chi connectivity index (χ3v) is 4.75. The molecule has 0 aromatic heterocycles. The summed E-state index contributed by atoms with van der Waals surface area (Å²) in [5, 5.41) is 3.49. The van der Waals surface area contributed by atoms with E-state index in [2.05, 4.69) is 19.2 Å². The molecule has 0 saturated carbocycles. The summed E-state index contributed by atoms with van der Waals surface area (Å²) in [5.74, 6) is 0.325. The van der Waals surface area contributed by atoms with Crippen molar-refractivity contribution in [1.82, 2.24) is 5.32 Å². The van der Waals surface area contributed by atoms with Gasteiger partial charge in [0.25, 0.3) is 0 Å². The molecule has 0 amide bonds. The van der Waals surface area contributed by atoms with Crippen molar-refractivity contribution < 1.29 is 8.42 Å². The monoisotopic (exact) mass is 305 g/mol. The van der Waals surface area contributed by atoms with Crippen LogP contribution in [0.2, 0.25) is 0 Å². The normalized spacial score (nSPS) is 13.6. The fourth-order valence-corrected chi connectivity index (χ4v) is 3.27. The zero-order chi connectivity index (χ0) is 15.3. The molecule has 1 N–H and O–H groups in total. The number of nitrogens with one attached hydrogen (secondary N) is 1. The molecular formula is C16H35NO2S. The van der Waals surface area contributed by atoms with Crippen molar-refractivity contribution in [3.05, 3.63) is 0 Å². The summed E-state index contributed by atoms with van der Waals surface area (Å²) in [7, 11) is -2.80. The fraction of sp³-hybridized carbons (Fsp3) is 1.00. The van der Waals surface area contributed by atoms with Crippen molar-refractivity contribution in [2.45, 2.75) is 84.1 Å². The van der Waals surface area contributed by atoms with Crippen LogP contribution in [0.25, 0.3) is 0 Å². The molecular weight excluding hydrogens is 270 g/mol. The average molecular weight is 306 g/mol. The van der Waals surface area contributed by atoms with Crippen LogP contribution in [0, 0.1) is 0 Å². The first-order chi connectivity index (χ1) is 9.49. The highest BCUT2D eigenvalue weighted by Gasteiger charge is 2.09. The molecule has 0 saturated heterocycles. The van der Waals surface area contributed by atoms with Gasteiger partial charge in [0.05, 0.1) is 0 Å². The smallest absolute Gasteiger partial charge is 0.147 e. The van der Waals surface area contributed by atoms with E-state index < -0.39 is 9.84 Å². The van der Waals surface area contributed by atoms with Gasteiger partial charge < -0.3 is 5.32 Å². The molecule has 1 unspecified atom stereocenters. The average Bonchev–Trinajstić information content (AvgIpc) is 2.36. The molecule has 0 aliphatic carbocycles. The topological polar surface area (TPSA) is 46.2 Å². The van der Waals surface area contributed by atoms with Gasteiger partial charge in [-0.15, -0.1) is 0 Å². The molecule has 0 aromatic rings. The predicted octanol–water partition coefficient (Wildman–Crippen LogP) is 3.93. The summed E-state index contributed by atoms with van der Waals surface area (Å²) in [5.41, 5.74) is 0. The molecule has 0 heterocycles. The van der Waals surface area contributed by atoms with Crippen LogP contribution in [0.5, 0.6) is 0 Å². The van der Waals surface area contributed by atoms with Crippen LogP contribution < -0.4 is 5.32 Å². The molecule has 0 fully saturated rings. The lowest BCUT2D eigenvalue weighted by Gasteiger charge is -2.17. The molecule has 0 radical (unpaired) electrons. The molecule has 3 nitrogen and oxygen atoms in total. The van der Waals surface area contributed by atoms with E-state index in [1.54, 1.807) is 0 Å². The number of hydrogen-bond acceptors (Lipinski definition) is 3. The van der Waals surface area contributed by atoms with Gasteiger partial charge in [0.1, 0.15) is 9.84 Å². The SMILES string of the molecule is CCCCCCCCCC(CCCS(C)(=O)=O)NCC. The number of rotatable bonds is 14. The van der Waals surface area contributed by atoms with Crippen LogP contribution in [0.4, 0.5) is 0 Å². The first kappa shape index (κ1) is 19.9. The van der Waals surface area contributed by atoms with E-state index >= 15 is 0 Å². The minimum absolute atomic E-state index is 0.325. The van der Waals surface area contributed by atoms with E-state index in [9.17, 15) is 8.42 Å². The second-order valence-electron chi connectivity index (χ2n) is 5.94. The second-order valence-corrected chi connectivity index (χ2v) is 8.20. The Hall–Kier alpha value is -0.0900. The molecule has 0 rings (SSSR count). The summed E-state index contributed by atoms with van der Waals surface area (Å²) >= 11 is 0. The van der Waals surface area contributed by atoms with Crippen LogP contribution in [-0.4, -0.2) is 33.0 Å². The Morgan fingerprint density at radius 1 is 0.850 bits per heavy atom. The minimum Gasteiger partial charge on any atom is -0.314 e. The van der Waals surface area contributed by atoms with Crippen molar-refractivity contribution in [3.8, 4) is 0 Å². The zero-order valence-corrected chi connectivity index (χ0v) is 14.6. The van der Waals surface area contributed by atoms with Gasteiger partial charge >= 0.3 is 0 Å². The van der Waals surface area contributed by atoms with Gasteiger partial charge in [-0.3, -0.25) is 0 Å². The van der Waals surface area contributed by atoms with Crippen molar-refractivity contribution in [2.24, 2.45) is 0 Å². The van der Waals surface area contributed by atoms with Crippen molar-refractivity contribution in [2.75, 3.05) is 18.6 Å². The summed E-state index contributed by atoms with van der Waals surface area (Å²) in [6, 6.07) is 0.498. The molecule has 1 atom stereocenters. The van der Waals surface area contributed by atoms with E-state index in [1.165, 1.54) is 57.6 Å². The van der Waals surface area contributed by atoms with E-state index in [0.717, 1.165) is 19.4 Å². The Morgan fingerprint density at radius 2 is 1.40 bits per heavy atom. The molecule has 0 spiro atoms. The highest BCUT2D eigenvalue weighted by Crippen LogP contribution is 2.12. The van der Waals surface area contributed by atoms with E-state index in [1.807, 2.05) is 0 Å². The van der Waals surface area contributed by atoms with Crippen molar-refractivity contribution in [3.63, 3.8) is 0 Å². The highest BCUT2D eigenvalue weighted by atomic mass is 32.2. The number of unbranched alkanes of at least 4 members (excludes halogenated alkanes) is 6. The Bertz CT molecular complexity index is 302. The Kier molecular flexibility index (Phi) is 12.6. The van der Waals surface area contributed by atoms with E-state index in [4.69, 9.17) is 0 Å². The lowest BCUT2D eigenvalue weighted by atomic mass is 10.0. The molecule has 122 valence electrons. The number of sulfone groups is 1. The summed E-state index contributed by atoms with van der Waals surface area (Å²) in [4.78, 5) is 0. The van der Waals surface area contributed by atoms with Crippen LogP contribution in [-0.2, 0) is 9.84 Å². The minimum atomic E-state index is -2.80. The third kappa shape index (κ3) is 14.3. The van der Waals surface area contributed by atoms with Crippen molar-refractivity contribution in [1.29, 1.82) is 0 Å². The maximum atomic E-state index is 11.1. The van der Waals surface area contributed by atoms with Crippen LogP contribution in [0.15, 0.2) is 0 Å². The Morgan fingerprint density at radius 3 is 1.95 bits per heavy atom. The lowest BCUT2D eigenvalue weighted by Crippen LogP contribution is -2.29. The predicted molar refractivity (Wildman–Crippen MR) is 89.0 cm³/mol. The Labute approximate surface area is 126 Å². The van der Waals surface area contributed by atoms with E-state index in [0.29, 0.717) is 11.8 Å². The first-order valence-corrected chi connectivity index (χ1v) is 10.5.